The average Bonchev–Trinajstić information content (AvgIpc) is 2.56. The van der Waals surface area contributed by atoms with Crippen LogP contribution in [0.2, 0.25) is 0 Å². The molecule has 0 spiro atoms. The molecule has 0 heterocycles. The number of benzene rings is 2. The van der Waals surface area contributed by atoms with Crippen molar-refractivity contribution in [3.05, 3.63) is 53.1 Å². The summed E-state index contributed by atoms with van der Waals surface area (Å²) in [7, 11) is 3.19. The van der Waals surface area contributed by atoms with Gasteiger partial charge in [-0.1, -0.05) is 18.2 Å². The maximum atomic E-state index is 12.5. The van der Waals surface area contributed by atoms with Crippen LogP contribution in [0, 0.1) is 13.8 Å². The van der Waals surface area contributed by atoms with Crippen LogP contribution in [0.5, 0.6) is 11.5 Å². The number of carbonyl (C=O) groups excluding carboxylic acids is 1. The summed E-state index contributed by atoms with van der Waals surface area (Å²) in [5.41, 5.74) is 3.26. The third kappa shape index (κ3) is 4.44. The Kier molecular flexibility index (Phi) is 5.57. The van der Waals surface area contributed by atoms with Gasteiger partial charge in [0.05, 0.1) is 19.8 Å². The first-order valence-electron chi connectivity index (χ1n) is 8.15. The molecule has 2 N–H and O–H groups in total. The van der Waals surface area contributed by atoms with Gasteiger partial charge in [0.15, 0.2) is 11.5 Å². The minimum absolute atomic E-state index is 0.256. The number of rotatable bonds is 5. The van der Waals surface area contributed by atoms with Crippen LogP contribution in [0.1, 0.15) is 30.5 Å². The fraction of sp³-hybridized carbons (Fsp3) is 0.350. The van der Waals surface area contributed by atoms with E-state index in [0.29, 0.717) is 11.5 Å². The highest BCUT2D eigenvalue weighted by molar-refractivity contribution is 5.90. The lowest BCUT2D eigenvalue weighted by Gasteiger charge is -2.28. The van der Waals surface area contributed by atoms with Crippen molar-refractivity contribution in [2.45, 2.75) is 33.2 Å². The summed E-state index contributed by atoms with van der Waals surface area (Å²) in [4.78, 5) is 12.5. The Bertz CT molecular complexity index is 770. The molecule has 0 saturated heterocycles. The van der Waals surface area contributed by atoms with E-state index in [9.17, 15) is 4.79 Å². The van der Waals surface area contributed by atoms with Gasteiger partial charge in [0.25, 0.3) is 0 Å². The van der Waals surface area contributed by atoms with Crippen LogP contribution in [0.15, 0.2) is 36.4 Å². The molecule has 0 atom stereocenters. The standard InChI is InChI=1S/C20H26N2O3/c1-13-7-8-14(2)16(11-13)21-19(23)22-20(3,4)15-9-10-17(24-5)18(12-15)25-6/h7-12H,1-6H3,(H2,21,22,23). The Labute approximate surface area is 149 Å². The summed E-state index contributed by atoms with van der Waals surface area (Å²) in [5.74, 6) is 1.28. The molecule has 2 rings (SSSR count). The van der Waals surface area contributed by atoms with E-state index in [0.717, 1.165) is 22.4 Å². The maximum absolute atomic E-state index is 12.5. The molecule has 0 unspecified atom stereocenters. The highest BCUT2D eigenvalue weighted by Crippen LogP contribution is 2.32. The molecule has 0 aliphatic carbocycles. The van der Waals surface area contributed by atoms with Crippen LogP contribution in [0.3, 0.4) is 0 Å². The number of amides is 2. The molecule has 0 fully saturated rings. The monoisotopic (exact) mass is 342 g/mol. The van der Waals surface area contributed by atoms with E-state index in [1.807, 2.05) is 64.1 Å². The fourth-order valence-corrected chi connectivity index (χ4v) is 2.61. The second kappa shape index (κ2) is 7.47. The van der Waals surface area contributed by atoms with Crippen molar-refractivity contribution in [2.75, 3.05) is 19.5 Å². The predicted octanol–water partition coefficient (Wildman–Crippen LogP) is 4.38. The quantitative estimate of drug-likeness (QED) is 0.848. The number of urea groups is 1. The summed E-state index contributed by atoms with van der Waals surface area (Å²) < 4.78 is 10.6. The van der Waals surface area contributed by atoms with Crippen molar-refractivity contribution in [1.82, 2.24) is 5.32 Å². The molecular formula is C20H26N2O3. The van der Waals surface area contributed by atoms with Crippen LogP contribution in [0.4, 0.5) is 10.5 Å². The van der Waals surface area contributed by atoms with Gasteiger partial charge >= 0.3 is 6.03 Å². The van der Waals surface area contributed by atoms with E-state index >= 15 is 0 Å². The van der Waals surface area contributed by atoms with Gasteiger partial charge in [-0.2, -0.15) is 0 Å². The largest absolute Gasteiger partial charge is 0.493 e. The number of aryl methyl sites for hydroxylation is 2. The van der Waals surface area contributed by atoms with E-state index in [1.165, 1.54) is 0 Å². The van der Waals surface area contributed by atoms with Gasteiger partial charge in [-0.3, -0.25) is 0 Å². The Morgan fingerprint density at radius 3 is 2.28 bits per heavy atom. The Balaban J connectivity index is 2.17. The fourth-order valence-electron chi connectivity index (χ4n) is 2.61. The minimum atomic E-state index is -0.582. The normalized spacial score (nSPS) is 11.0. The molecule has 0 bridgehead atoms. The molecular weight excluding hydrogens is 316 g/mol. The molecule has 5 heteroatoms. The van der Waals surface area contributed by atoms with Gasteiger partial charge < -0.3 is 20.1 Å². The first kappa shape index (κ1) is 18.6. The smallest absolute Gasteiger partial charge is 0.319 e. The average molecular weight is 342 g/mol. The number of methoxy groups -OCH3 is 2. The van der Waals surface area contributed by atoms with Crippen molar-refractivity contribution in [3.63, 3.8) is 0 Å². The highest BCUT2D eigenvalue weighted by Gasteiger charge is 2.24. The third-order valence-corrected chi connectivity index (χ3v) is 4.17. The summed E-state index contributed by atoms with van der Waals surface area (Å²) >= 11 is 0. The van der Waals surface area contributed by atoms with Crippen molar-refractivity contribution in [3.8, 4) is 11.5 Å². The van der Waals surface area contributed by atoms with Crippen LogP contribution < -0.4 is 20.1 Å². The number of anilines is 1. The van der Waals surface area contributed by atoms with Gasteiger partial charge in [-0.05, 0) is 62.6 Å². The SMILES string of the molecule is COc1ccc(C(C)(C)NC(=O)Nc2cc(C)ccc2C)cc1OC. The molecule has 2 amide bonds. The van der Waals surface area contributed by atoms with E-state index in [2.05, 4.69) is 10.6 Å². The third-order valence-electron chi connectivity index (χ3n) is 4.17. The summed E-state index contributed by atoms with van der Waals surface area (Å²) in [6.07, 6.45) is 0. The lowest BCUT2D eigenvalue weighted by atomic mass is 9.94. The van der Waals surface area contributed by atoms with Gasteiger partial charge in [-0.15, -0.1) is 0 Å². The lowest BCUT2D eigenvalue weighted by Crippen LogP contribution is -2.43. The zero-order valence-corrected chi connectivity index (χ0v) is 15.7. The Morgan fingerprint density at radius 2 is 1.64 bits per heavy atom. The van der Waals surface area contributed by atoms with Crippen LogP contribution in [0.25, 0.3) is 0 Å². The topological polar surface area (TPSA) is 59.6 Å². The molecule has 2 aromatic rings. The van der Waals surface area contributed by atoms with Gasteiger partial charge in [0.1, 0.15) is 0 Å². The zero-order valence-electron chi connectivity index (χ0n) is 15.7. The Morgan fingerprint density at radius 1 is 0.960 bits per heavy atom. The number of carbonyl (C=O) groups is 1. The molecule has 0 aliphatic heterocycles. The van der Waals surface area contributed by atoms with Gasteiger partial charge in [0, 0.05) is 5.69 Å². The minimum Gasteiger partial charge on any atom is -0.493 e. The van der Waals surface area contributed by atoms with Crippen LogP contribution in [-0.2, 0) is 5.54 Å². The summed E-state index contributed by atoms with van der Waals surface area (Å²) in [6, 6.07) is 11.3. The second-order valence-electron chi connectivity index (χ2n) is 6.59. The van der Waals surface area contributed by atoms with Crippen LogP contribution >= 0.6 is 0 Å². The van der Waals surface area contributed by atoms with Crippen molar-refractivity contribution < 1.29 is 14.3 Å². The molecule has 2 aromatic carbocycles. The zero-order chi connectivity index (χ0) is 18.6. The number of hydrogen-bond acceptors (Lipinski definition) is 3. The molecule has 0 aromatic heterocycles. The van der Waals surface area contributed by atoms with Crippen molar-refractivity contribution in [2.24, 2.45) is 0 Å². The molecule has 0 radical (unpaired) electrons. The molecule has 5 nitrogen and oxygen atoms in total. The molecule has 0 saturated carbocycles. The van der Waals surface area contributed by atoms with Gasteiger partial charge in [-0.25, -0.2) is 4.79 Å². The number of hydrogen-bond donors (Lipinski definition) is 2. The molecule has 25 heavy (non-hydrogen) atoms. The first-order chi connectivity index (χ1) is 11.8. The second-order valence-corrected chi connectivity index (χ2v) is 6.59. The Hall–Kier alpha value is -2.69. The summed E-state index contributed by atoms with van der Waals surface area (Å²) in [5, 5.41) is 5.93. The first-order valence-corrected chi connectivity index (χ1v) is 8.15. The van der Waals surface area contributed by atoms with Crippen molar-refractivity contribution >= 4 is 11.7 Å². The molecule has 134 valence electrons. The maximum Gasteiger partial charge on any atom is 0.319 e. The van der Waals surface area contributed by atoms with E-state index in [4.69, 9.17) is 9.47 Å². The highest BCUT2D eigenvalue weighted by atomic mass is 16.5. The van der Waals surface area contributed by atoms with E-state index < -0.39 is 5.54 Å². The van der Waals surface area contributed by atoms with Crippen molar-refractivity contribution in [1.29, 1.82) is 0 Å². The van der Waals surface area contributed by atoms with E-state index in [-0.39, 0.29) is 6.03 Å². The lowest BCUT2D eigenvalue weighted by molar-refractivity contribution is 0.241. The molecule has 0 aliphatic rings. The summed E-state index contributed by atoms with van der Waals surface area (Å²) in [6.45, 7) is 7.85. The number of ether oxygens (including phenoxy) is 2. The van der Waals surface area contributed by atoms with Crippen LogP contribution in [-0.4, -0.2) is 20.3 Å². The predicted molar refractivity (Wildman–Crippen MR) is 101 cm³/mol. The van der Waals surface area contributed by atoms with E-state index in [1.54, 1.807) is 14.2 Å². The van der Waals surface area contributed by atoms with Gasteiger partial charge in [0.2, 0.25) is 0 Å². The number of nitrogens with one attached hydrogen (secondary N) is 2.